The number of aliphatic imine (C=N–C) groups is 1. The summed E-state index contributed by atoms with van der Waals surface area (Å²) in [5, 5.41) is 7.33. The summed E-state index contributed by atoms with van der Waals surface area (Å²) in [6.07, 6.45) is 0. The Labute approximate surface area is 157 Å². The number of hydrogen-bond acceptors (Lipinski definition) is 3. The number of amidine groups is 1. The second-order valence-corrected chi connectivity index (χ2v) is 5.74. The third-order valence-corrected chi connectivity index (χ3v) is 4.01. The first-order valence-corrected chi connectivity index (χ1v) is 8.35. The van der Waals surface area contributed by atoms with E-state index in [4.69, 9.17) is 10.6 Å². The van der Waals surface area contributed by atoms with Gasteiger partial charge in [-0.1, -0.05) is 65.9 Å². The lowest BCUT2D eigenvalue weighted by atomic mass is 9.95. The first kappa shape index (κ1) is 18.4. The van der Waals surface area contributed by atoms with Crippen LogP contribution in [0, 0.1) is 5.82 Å². The van der Waals surface area contributed by atoms with E-state index < -0.39 is 5.82 Å². The smallest absolute Gasteiger partial charge is 0.184 e. The van der Waals surface area contributed by atoms with E-state index in [0.717, 1.165) is 16.7 Å². The van der Waals surface area contributed by atoms with Crippen LogP contribution in [-0.2, 0) is 11.3 Å². The lowest BCUT2D eigenvalue weighted by Gasteiger charge is -2.13. The Morgan fingerprint density at radius 1 is 0.926 bits per heavy atom. The minimum atomic E-state index is -0.445. The summed E-state index contributed by atoms with van der Waals surface area (Å²) in [4.78, 5) is 4.35. The lowest BCUT2D eigenvalue weighted by molar-refractivity contribution is 0.185. The quantitative estimate of drug-likeness (QED) is 0.227. The summed E-state index contributed by atoms with van der Waals surface area (Å²) in [5.74, 6) is 5.07. The van der Waals surface area contributed by atoms with Crippen LogP contribution in [-0.4, -0.2) is 12.9 Å². The number of halogens is 1. The fraction of sp³-hybridized carbons (Fsp3) is 0.0952. The van der Waals surface area contributed by atoms with Crippen LogP contribution in [0.2, 0.25) is 0 Å². The molecule has 0 saturated carbocycles. The summed E-state index contributed by atoms with van der Waals surface area (Å²) >= 11 is 0. The zero-order valence-corrected chi connectivity index (χ0v) is 14.8. The normalized spacial score (nSPS) is 11.9. The van der Waals surface area contributed by atoms with Crippen molar-refractivity contribution in [3.05, 3.63) is 89.7 Å². The van der Waals surface area contributed by atoms with Gasteiger partial charge in [0.05, 0.1) is 6.61 Å². The van der Waals surface area contributed by atoms with E-state index in [2.05, 4.69) is 15.3 Å². The second kappa shape index (κ2) is 8.82. The molecule has 3 rings (SSSR count). The Balaban J connectivity index is 2.18. The summed E-state index contributed by atoms with van der Waals surface area (Å²) < 4.78 is 19.4. The maximum Gasteiger partial charge on any atom is 0.184 e. The summed E-state index contributed by atoms with van der Waals surface area (Å²) in [6.45, 7) is 0.461. The third kappa shape index (κ3) is 4.24. The van der Waals surface area contributed by atoms with Gasteiger partial charge in [0, 0.05) is 12.7 Å². The molecule has 3 aromatic carbocycles. The van der Waals surface area contributed by atoms with E-state index in [1.54, 1.807) is 25.3 Å². The number of benzene rings is 3. The number of methoxy groups -OCH3 is 1. The number of nitrogens with two attached hydrogens (primary N) is 1. The van der Waals surface area contributed by atoms with Gasteiger partial charge in [0.2, 0.25) is 0 Å². The Morgan fingerprint density at radius 2 is 1.59 bits per heavy atom. The van der Waals surface area contributed by atoms with Crippen molar-refractivity contribution in [2.24, 2.45) is 21.2 Å². The molecule has 0 atom stereocenters. The highest BCUT2D eigenvalue weighted by molar-refractivity contribution is 6.06. The van der Waals surface area contributed by atoms with Crippen LogP contribution in [0.5, 0.6) is 0 Å². The number of hydrogen-bond donors (Lipinski definition) is 1. The SMILES string of the molecule is COCc1ccccc1-c1ccccc1C(N=NN)=Nc1ccccc1F. The van der Waals surface area contributed by atoms with Crippen LogP contribution in [0.25, 0.3) is 11.1 Å². The molecule has 0 heterocycles. The highest BCUT2D eigenvalue weighted by Crippen LogP contribution is 2.29. The van der Waals surface area contributed by atoms with Crippen molar-refractivity contribution >= 4 is 11.5 Å². The van der Waals surface area contributed by atoms with Crippen LogP contribution in [0.3, 0.4) is 0 Å². The number of rotatable bonds is 5. The van der Waals surface area contributed by atoms with Gasteiger partial charge in [-0.15, -0.1) is 5.11 Å². The molecule has 136 valence electrons. The number of para-hydroxylation sites is 1. The maximum atomic E-state index is 14.1. The van der Waals surface area contributed by atoms with Crippen molar-refractivity contribution in [3.8, 4) is 11.1 Å². The standard InChI is InChI=1S/C21H19FN4O/c1-27-14-15-8-2-3-9-16(15)17-10-4-5-11-18(17)21(25-26-23)24-20-13-7-6-12-19(20)22/h2-13H,14H2,1H3,(H2,23,24,25). The van der Waals surface area contributed by atoms with Gasteiger partial charge in [0.25, 0.3) is 0 Å². The van der Waals surface area contributed by atoms with Gasteiger partial charge in [-0.2, -0.15) is 0 Å². The van der Waals surface area contributed by atoms with Gasteiger partial charge < -0.3 is 10.6 Å². The number of nitrogens with zero attached hydrogens (tertiary/aromatic N) is 3. The van der Waals surface area contributed by atoms with Crippen molar-refractivity contribution in [3.63, 3.8) is 0 Å². The van der Waals surface area contributed by atoms with Gasteiger partial charge in [-0.3, -0.25) is 0 Å². The van der Waals surface area contributed by atoms with E-state index in [1.165, 1.54) is 6.07 Å². The van der Waals surface area contributed by atoms with E-state index in [9.17, 15) is 4.39 Å². The average molecular weight is 362 g/mol. The summed E-state index contributed by atoms with van der Waals surface area (Å²) in [5.41, 5.74) is 3.73. The summed E-state index contributed by atoms with van der Waals surface area (Å²) in [6, 6.07) is 21.7. The van der Waals surface area contributed by atoms with Gasteiger partial charge in [-0.25, -0.2) is 9.38 Å². The lowest BCUT2D eigenvalue weighted by Crippen LogP contribution is -2.02. The maximum absolute atomic E-state index is 14.1. The fourth-order valence-electron chi connectivity index (χ4n) is 2.83. The van der Waals surface area contributed by atoms with Crippen molar-refractivity contribution < 1.29 is 9.13 Å². The Hall–Kier alpha value is -3.38. The fourth-order valence-corrected chi connectivity index (χ4v) is 2.83. The van der Waals surface area contributed by atoms with Gasteiger partial charge in [0.1, 0.15) is 11.5 Å². The van der Waals surface area contributed by atoms with Crippen LogP contribution in [0.4, 0.5) is 10.1 Å². The molecule has 0 amide bonds. The van der Waals surface area contributed by atoms with Crippen LogP contribution < -0.4 is 5.84 Å². The van der Waals surface area contributed by atoms with Crippen molar-refractivity contribution in [1.82, 2.24) is 0 Å². The molecule has 3 aromatic rings. The summed E-state index contributed by atoms with van der Waals surface area (Å²) in [7, 11) is 1.65. The molecule has 27 heavy (non-hydrogen) atoms. The Bertz CT molecular complexity index is 985. The molecule has 0 radical (unpaired) electrons. The zero-order chi connectivity index (χ0) is 19.1. The van der Waals surface area contributed by atoms with Gasteiger partial charge in [0.15, 0.2) is 5.84 Å². The molecule has 5 nitrogen and oxygen atoms in total. The molecule has 6 heteroatoms. The predicted molar refractivity (Wildman–Crippen MR) is 104 cm³/mol. The molecule has 0 aliphatic rings. The van der Waals surface area contributed by atoms with Gasteiger partial charge >= 0.3 is 0 Å². The largest absolute Gasteiger partial charge is 0.380 e. The molecule has 0 unspecified atom stereocenters. The molecule has 0 saturated heterocycles. The number of ether oxygens (including phenoxy) is 1. The molecule has 0 aliphatic carbocycles. The van der Waals surface area contributed by atoms with Crippen molar-refractivity contribution in [1.29, 1.82) is 0 Å². The van der Waals surface area contributed by atoms with E-state index >= 15 is 0 Å². The van der Waals surface area contributed by atoms with Crippen molar-refractivity contribution in [2.75, 3.05) is 7.11 Å². The Kier molecular flexibility index (Phi) is 6.02. The molecule has 0 aromatic heterocycles. The highest BCUT2D eigenvalue weighted by atomic mass is 19.1. The highest BCUT2D eigenvalue weighted by Gasteiger charge is 2.14. The molecular weight excluding hydrogens is 343 g/mol. The topological polar surface area (TPSA) is 72.3 Å². The van der Waals surface area contributed by atoms with E-state index in [0.29, 0.717) is 12.2 Å². The minimum absolute atomic E-state index is 0.167. The third-order valence-electron chi connectivity index (χ3n) is 4.01. The van der Waals surface area contributed by atoms with Crippen molar-refractivity contribution in [2.45, 2.75) is 6.61 Å². The van der Waals surface area contributed by atoms with Crippen LogP contribution >= 0.6 is 0 Å². The molecule has 0 spiro atoms. The molecular formula is C21H19FN4O. The van der Waals surface area contributed by atoms with E-state index in [-0.39, 0.29) is 11.5 Å². The van der Waals surface area contributed by atoms with E-state index in [1.807, 2.05) is 48.5 Å². The molecule has 0 bridgehead atoms. The van der Waals surface area contributed by atoms with Crippen LogP contribution in [0.15, 0.2) is 88.1 Å². The first-order valence-electron chi connectivity index (χ1n) is 8.35. The molecule has 2 N–H and O–H groups in total. The monoisotopic (exact) mass is 362 g/mol. The zero-order valence-electron chi connectivity index (χ0n) is 14.8. The molecule has 0 aliphatic heterocycles. The molecule has 0 fully saturated rings. The predicted octanol–water partition coefficient (Wildman–Crippen LogP) is 5.04. The Morgan fingerprint density at radius 3 is 2.33 bits per heavy atom. The average Bonchev–Trinajstić information content (AvgIpc) is 2.70. The van der Waals surface area contributed by atoms with Gasteiger partial charge in [-0.05, 0) is 28.8 Å². The van der Waals surface area contributed by atoms with Crippen LogP contribution in [0.1, 0.15) is 11.1 Å². The first-order chi connectivity index (χ1) is 13.2. The second-order valence-electron chi connectivity index (χ2n) is 5.74. The minimum Gasteiger partial charge on any atom is -0.380 e.